The molecule has 0 bridgehead atoms. The van der Waals surface area contributed by atoms with E-state index in [1.165, 1.54) is 4.31 Å². The molecule has 0 aromatic heterocycles. The maximum Gasteiger partial charge on any atom is 0.243 e. The fourth-order valence-corrected chi connectivity index (χ4v) is 5.50. The molecule has 1 saturated heterocycles. The lowest BCUT2D eigenvalue weighted by atomic mass is 9.78. The van der Waals surface area contributed by atoms with Crippen LogP contribution in [0, 0.1) is 24.0 Å². The first kappa shape index (κ1) is 23.4. The predicted octanol–water partition coefficient (Wildman–Crippen LogP) is 3.65. The molecule has 1 aliphatic heterocycles. The third-order valence-corrected chi connectivity index (χ3v) is 7.64. The number of nitrogens with two attached hydrogens (primary N) is 1. The normalized spacial score (nSPS) is 19.9. The number of sulfonamides is 1. The highest BCUT2D eigenvalue weighted by Gasteiger charge is 2.42. The van der Waals surface area contributed by atoms with Crippen LogP contribution in [0.1, 0.15) is 24.8 Å². The molecule has 2 aromatic rings. The second kappa shape index (κ2) is 9.10. The minimum atomic E-state index is -4.10. The summed E-state index contributed by atoms with van der Waals surface area (Å²) < 4.78 is 60.0. The highest BCUT2D eigenvalue weighted by atomic mass is 35.5. The lowest BCUT2D eigenvalue weighted by Crippen LogP contribution is -2.50. The number of piperidine rings is 1. The number of benzene rings is 2. The monoisotopic (exact) mass is 472 g/mol. The van der Waals surface area contributed by atoms with Gasteiger partial charge in [0.1, 0.15) is 5.75 Å². The molecule has 0 radical (unpaired) electrons. The first-order chi connectivity index (χ1) is 14.5. The summed E-state index contributed by atoms with van der Waals surface area (Å²) in [5, 5.41) is 0.584. The van der Waals surface area contributed by atoms with Crippen LogP contribution in [0.4, 0.5) is 8.78 Å². The third-order valence-electron chi connectivity index (χ3n) is 5.38. The summed E-state index contributed by atoms with van der Waals surface area (Å²) in [6.07, 6.45) is 0.898. The Hall–Kier alpha value is -2.23. The molecule has 2 aromatic carbocycles. The number of hydrogen-bond donors (Lipinski definition) is 1. The smallest absolute Gasteiger partial charge is 0.243 e. The highest BCUT2D eigenvalue weighted by molar-refractivity contribution is 7.89. The quantitative estimate of drug-likeness (QED) is 0.666. The van der Waals surface area contributed by atoms with E-state index >= 15 is 0 Å². The van der Waals surface area contributed by atoms with Crippen LogP contribution in [0.3, 0.4) is 0 Å². The van der Waals surface area contributed by atoms with E-state index in [2.05, 4.69) is 0 Å². The molecular weight excluding hydrogens is 450 g/mol. The van der Waals surface area contributed by atoms with Gasteiger partial charge in [0.15, 0.2) is 11.6 Å². The van der Waals surface area contributed by atoms with Crippen LogP contribution in [0.5, 0.6) is 5.75 Å². The Morgan fingerprint density at radius 1 is 1.23 bits per heavy atom. The number of carbonyl (C=O) groups is 1. The van der Waals surface area contributed by atoms with E-state index in [1.54, 1.807) is 18.2 Å². The van der Waals surface area contributed by atoms with Crippen LogP contribution < -0.4 is 10.5 Å². The summed E-state index contributed by atoms with van der Waals surface area (Å²) in [5.41, 5.74) is 5.41. The molecule has 1 unspecified atom stereocenters. The van der Waals surface area contributed by atoms with Crippen molar-refractivity contribution < 1.29 is 26.7 Å². The van der Waals surface area contributed by atoms with Gasteiger partial charge in [0.05, 0.1) is 11.5 Å². The Kier molecular flexibility index (Phi) is 6.88. The molecule has 1 atom stereocenters. The van der Waals surface area contributed by atoms with Crippen LogP contribution in [-0.2, 0) is 14.8 Å². The standard InChI is InChI=1S/C21H23ClF2N2O4S/c1-14-9-15(3-5-17(14)22)30-13-21(11-20(25)27)7-2-8-26(12-21)31(28,29)16-4-6-18(23)19(24)10-16/h3-6,9-10H,2,7-8,11-13H2,1H3,(H2,25,27). The van der Waals surface area contributed by atoms with Gasteiger partial charge in [-0.25, -0.2) is 17.2 Å². The number of halogens is 3. The van der Waals surface area contributed by atoms with Crippen LogP contribution in [0.2, 0.25) is 5.02 Å². The molecule has 6 nitrogen and oxygen atoms in total. The summed E-state index contributed by atoms with van der Waals surface area (Å²) in [5.74, 6) is -2.43. The van der Waals surface area contributed by atoms with Crippen LogP contribution >= 0.6 is 11.6 Å². The van der Waals surface area contributed by atoms with Crippen LogP contribution in [-0.4, -0.2) is 38.3 Å². The van der Waals surface area contributed by atoms with Gasteiger partial charge < -0.3 is 10.5 Å². The molecule has 1 aliphatic rings. The van der Waals surface area contributed by atoms with Crippen LogP contribution in [0.25, 0.3) is 0 Å². The summed E-state index contributed by atoms with van der Waals surface area (Å²) in [6, 6.07) is 7.57. The topological polar surface area (TPSA) is 89.7 Å². The zero-order valence-electron chi connectivity index (χ0n) is 16.9. The Morgan fingerprint density at radius 2 is 1.97 bits per heavy atom. The number of ether oxygens (including phenoxy) is 1. The average molecular weight is 473 g/mol. The van der Waals surface area contributed by atoms with E-state index in [1.807, 2.05) is 6.92 Å². The van der Waals surface area contributed by atoms with Gasteiger partial charge in [0.2, 0.25) is 15.9 Å². The molecule has 1 amide bonds. The van der Waals surface area contributed by atoms with Crippen molar-refractivity contribution in [1.29, 1.82) is 0 Å². The maximum atomic E-state index is 13.6. The molecule has 31 heavy (non-hydrogen) atoms. The zero-order chi connectivity index (χ0) is 22.8. The molecule has 2 N–H and O–H groups in total. The minimum Gasteiger partial charge on any atom is -0.493 e. The van der Waals surface area contributed by atoms with Crippen molar-refractivity contribution in [2.24, 2.45) is 11.1 Å². The largest absolute Gasteiger partial charge is 0.493 e. The summed E-state index contributed by atoms with van der Waals surface area (Å²) in [6.45, 7) is 2.03. The molecule has 0 spiro atoms. The molecule has 168 valence electrons. The Morgan fingerprint density at radius 3 is 2.61 bits per heavy atom. The van der Waals surface area contributed by atoms with Crippen molar-refractivity contribution in [3.63, 3.8) is 0 Å². The first-order valence-electron chi connectivity index (χ1n) is 9.65. The van der Waals surface area contributed by atoms with Gasteiger partial charge in [-0.2, -0.15) is 4.31 Å². The summed E-state index contributed by atoms with van der Waals surface area (Å²) in [4.78, 5) is 11.4. The van der Waals surface area contributed by atoms with Gasteiger partial charge in [-0.05, 0) is 61.7 Å². The first-order valence-corrected chi connectivity index (χ1v) is 11.5. The summed E-state index contributed by atoms with van der Waals surface area (Å²) in [7, 11) is -4.10. The molecule has 1 heterocycles. The second-order valence-electron chi connectivity index (χ2n) is 7.86. The number of amides is 1. The van der Waals surface area contributed by atoms with Crippen molar-refractivity contribution in [2.75, 3.05) is 19.7 Å². The van der Waals surface area contributed by atoms with Gasteiger partial charge in [0.25, 0.3) is 0 Å². The third kappa shape index (κ3) is 5.34. The number of hydrogen-bond acceptors (Lipinski definition) is 4. The van der Waals surface area contributed by atoms with E-state index in [-0.39, 0.29) is 31.0 Å². The van der Waals surface area contributed by atoms with Crippen molar-refractivity contribution in [3.8, 4) is 5.75 Å². The van der Waals surface area contributed by atoms with Crippen molar-refractivity contribution >= 4 is 27.5 Å². The SMILES string of the molecule is Cc1cc(OCC2(CC(N)=O)CCCN(S(=O)(=O)c3ccc(F)c(F)c3)C2)ccc1Cl. The fourth-order valence-electron chi connectivity index (χ4n) is 3.78. The van der Waals surface area contributed by atoms with Crippen molar-refractivity contribution in [2.45, 2.75) is 31.1 Å². The number of primary amides is 1. The number of carbonyl (C=O) groups excluding carboxylic acids is 1. The molecule has 3 rings (SSSR count). The molecule has 10 heteroatoms. The maximum absolute atomic E-state index is 13.6. The Labute approximate surface area is 185 Å². The lowest BCUT2D eigenvalue weighted by Gasteiger charge is -2.41. The van der Waals surface area contributed by atoms with Gasteiger partial charge in [0, 0.05) is 29.9 Å². The van der Waals surface area contributed by atoms with E-state index in [4.69, 9.17) is 22.1 Å². The van der Waals surface area contributed by atoms with E-state index in [0.717, 1.165) is 17.7 Å². The second-order valence-corrected chi connectivity index (χ2v) is 10.2. The molecule has 0 saturated carbocycles. The predicted molar refractivity (Wildman–Crippen MR) is 112 cm³/mol. The number of aryl methyl sites for hydroxylation is 1. The molecular formula is C21H23ClF2N2O4S. The summed E-state index contributed by atoms with van der Waals surface area (Å²) >= 11 is 6.03. The minimum absolute atomic E-state index is 0.0379. The number of rotatable bonds is 7. The molecule has 1 fully saturated rings. The van der Waals surface area contributed by atoms with Gasteiger partial charge >= 0.3 is 0 Å². The van der Waals surface area contributed by atoms with Gasteiger partial charge in [-0.15, -0.1) is 0 Å². The van der Waals surface area contributed by atoms with Gasteiger partial charge in [-0.1, -0.05) is 11.6 Å². The Bertz CT molecular complexity index is 1100. The average Bonchev–Trinajstić information content (AvgIpc) is 2.70. The number of nitrogens with zero attached hydrogens (tertiary/aromatic N) is 1. The lowest BCUT2D eigenvalue weighted by molar-refractivity contribution is -0.121. The van der Waals surface area contributed by atoms with E-state index in [9.17, 15) is 22.0 Å². The fraction of sp³-hybridized carbons (Fsp3) is 0.381. The van der Waals surface area contributed by atoms with Crippen molar-refractivity contribution in [1.82, 2.24) is 4.31 Å². The van der Waals surface area contributed by atoms with E-state index < -0.39 is 33.0 Å². The zero-order valence-corrected chi connectivity index (χ0v) is 18.5. The highest BCUT2D eigenvalue weighted by Crippen LogP contribution is 2.37. The Balaban J connectivity index is 1.85. The van der Waals surface area contributed by atoms with Crippen molar-refractivity contribution in [3.05, 3.63) is 58.6 Å². The van der Waals surface area contributed by atoms with Gasteiger partial charge in [-0.3, -0.25) is 4.79 Å². The van der Waals surface area contributed by atoms with E-state index in [0.29, 0.717) is 29.7 Å². The van der Waals surface area contributed by atoms with Crippen LogP contribution in [0.15, 0.2) is 41.3 Å². The molecule has 0 aliphatic carbocycles.